The number of nitrogens with two attached hydrogens (primary N) is 2. The van der Waals surface area contributed by atoms with E-state index in [0.29, 0.717) is 11.3 Å². The van der Waals surface area contributed by atoms with Gasteiger partial charge in [0, 0.05) is 12.6 Å². The largest absolute Gasteiger partial charge is 0.383 e. The minimum atomic E-state index is -0.614. The number of nitrogen functional groups attached to an aromatic ring is 1. The molecular formula is C11H14N4O. The van der Waals surface area contributed by atoms with Gasteiger partial charge < -0.3 is 11.5 Å². The summed E-state index contributed by atoms with van der Waals surface area (Å²) < 4.78 is 1.40. The Morgan fingerprint density at radius 3 is 2.56 bits per heavy atom. The molecule has 0 saturated carbocycles. The van der Waals surface area contributed by atoms with Gasteiger partial charge in [0.05, 0.1) is 0 Å². The van der Waals surface area contributed by atoms with Crippen molar-refractivity contribution in [2.45, 2.75) is 0 Å². The van der Waals surface area contributed by atoms with Crippen LogP contribution < -0.4 is 11.5 Å². The summed E-state index contributed by atoms with van der Waals surface area (Å²) >= 11 is 0. The van der Waals surface area contributed by atoms with Gasteiger partial charge in [-0.1, -0.05) is 31.4 Å². The molecule has 4 N–H and O–H groups in total. The Morgan fingerprint density at radius 1 is 1.50 bits per heavy atom. The molecule has 84 valence electrons. The smallest absolute Gasteiger partial charge is 0.254 e. The number of rotatable bonds is 4. The summed E-state index contributed by atoms with van der Waals surface area (Å²) in [5, 5.41) is 4.12. The number of amides is 1. The van der Waals surface area contributed by atoms with E-state index in [9.17, 15) is 4.79 Å². The third-order valence-corrected chi connectivity index (χ3v) is 2.13. The minimum absolute atomic E-state index is 0.204. The van der Waals surface area contributed by atoms with Crippen LogP contribution in [-0.4, -0.2) is 15.7 Å². The van der Waals surface area contributed by atoms with Gasteiger partial charge in [0.25, 0.3) is 5.91 Å². The van der Waals surface area contributed by atoms with E-state index in [1.807, 2.05) is 0 Å². The predicted molar refractivity (Wildman–Crippen MR) is 64.5 cm³/mol. The van der Waals surface area contributed by atoms with Crippen LogP contribution in [0.4, 0.5) is 5.82 Å². The van der Waals surface area contributed by atoms with Crippen LogP contribution in [0, 0.1) is 0 Å². The maximum absolute atomic E-state index is 11.3. The fraction of sp³-hybridized carbons (Fsp3) is 0.0909. The lowest BCUT2D eigenvalue weighted by Gasteiger charge is -1.99. The predicted octanol–water partition coefficient (Wildman–Crippen LogP) is 0.857. The van der Waals surface area contributed by atoms with E-state index >= 15 is 0 Å². The van der Waals surface area contributed by atoms with Crippen molar-refractivity contribution in [3.63, 3.8) is 0 Å². The van der Waals surface area contributed by atoms with E-state index in [-0.39, 0.29) is 11.4 Å². The molecule has 0 saturated heterocycles. The minimum Gasteiger partial charge on any atom is -0.383 e. The first kappa shape index (κ1) is 11.8. The van der Waals surface area contributed by atoms with Gasteiger partial charge in [-0.05, 0) is 0 Å². The number of hydrogen-bond donors (Lipinski definition) is 2. The first-order valence-electron chi connectivity index (χ1n) is 4.60. The number of hydrogen-bond acceptors (Lipinski definition) is 3. The summed E-state index contributed by atoms with van der Waals surface area (Å²) in [6.45, 7) is 7.21. The molecule has 1 aromatic rings. The second-order valence-electron chi connectivity index (χ2n) is 3.16. The summed E-state index contributed by atoms with van der Waals surface area (Å²) in [4.78, 5) is 11.3. The zero-order valence-electron chi connectivity index (χ0n) is 9.10. The van der Waals surface area contributed by atoms with E-state index < -0.39 is 5.91 Å². The molecule has 0 radical (unpaired) electrons. The van der Waals surface area contributed by atoms with Gasteiger partial charge in [-0.25, -0.2) is 0 Å². The third-order valence-electron chi connectivity index (χ3n) is 2.13. The van der Waals surface area contributed by atoms with E-state index in [4.69, 9.17) is 11.5 Å². The van der Waals surface area contributed by atoms with E-state index in [1.54, 1.807) is 25.3 Å². The average Bonchev–Trinajstić information content (AvgIpc) is 2.52. The van der Waals surface area contributed by atoms with Crippen LogP contribution in [-0.2, 0) is 7.05 Å². The zero-order valence-corrected chi connectivity index (χ0v) is 9.10. The standard InChI is InChI=1S/C11H14N4O/c1-4-6-7(5-2)9-8(11(13)16)10(12)15(3)14-9/h4-6H,1-2,12H2,3H3,(H2,13,16)/b7-6+. The maximum Gasteiger partial charge on any atom is 0.254 e. The van der Waals surface area contributed by atoms with Crippen LogP contribution in [0.3, 0.4) is 0 Å². The molecule has 0 fully saturated rings. The molecule has 1 heterocycles. The van der Waals surface area contributed by atoms with Crippen molar-refractivity contribution >= 4 is 17.3 Å². The average molecular weight is 218 g/mol. The zero-order chi connectivity index (χ0) is 12.3. The molecule has 5 nitrogen and oxygen atoms in total. The molecule has 0 bridgehead atoms. The third kappa shape index (κ3) is 1.88. The summed E-state index contributed by atoms with van der Waals surface area (Å²) in [5.41, 5.74) is 12.2. The molecule has 0 aliphatic rings. The second-order valence-corrected chi connectivity index (χ2v) is 3.16. The van der Waals surface area contributed by atoms with E-state index in [0.717, 1.165) is 0 Å². The van der Waals surface area contributed by atoms with Gasteiger partial charge in [-0.2, -0.15) is 5.10 Å². The van der Waals surface area contributed by atoms with Crippen LogP contribution in [0.25, 0.3) is 5.57 Å². The Hall–Kier alpha value is -2.30. The van der Waals surface area contributed by atoms with Crippen molar-refractivity contribution in [2.75, 3.05) is 5.73 Å². The fourth-order valence-electron chi connectivity index (χ4n) is 1.35. The SMILES string of the molecule is C=C/C=C(\C=C)c1nn(C)c(N)c1C(N)=O. The van der Waals surface area contributed by atoms with E-state index in [1.165, 1.54) is 4.68 Å². The highest BCUT2D eigenvalue weighted by atomic mass is 16.1. The number of allylic oxidation sites excluding steroid dienone is 4. The Labute approximate surface area is 93.7 Å². The van der Waals surface area contributed by atoms with Crippen LogP contribution in [0.2, 0.25) is 0 Å². The molecule has 0 aliphatic carbocycles. The van der Waals surface area contributed by atoms with Crippen molar-refractivity contribution in [1.82, 2.24) is 9.78 Å². The number of primary amides is 1. The van der Waals surface area contributed by atoms with Crippen molar-refractivity contribution in [3.05, 3.63) is 42.6 Å². The maximum atomic E-state index is 11.3. The van der Waals surface area contributed by atoms with E-state index in [2.05, 4.69) is 18.3 Å². The Kier molecular flexibility index (Phi) is 3.30. The number of carbonyl (C=O) groups is 1. The van der Waals surface area contributed by atoms with Gasteiger partial charge in [0.15, 0.2) is 0 Å². The molecule has 1 aromatic heterocycles. The molecule has 0 aromatic carbocycles. The van der Waals surface area contributed by atoms with Gasteiger partial charge in [-0.3, -0.25) is 9.48 Å². The Morgan fingerprint density at radius 2 is 2.12 bits per heavy atom. The first-order valence-corrected chi connectivity index (χ1v) is 4.60. The molecular weight excluding hydrogens is 204 g/mol. The first-order chi connectivity index (χ1) is 7.52. The highest BCUT2D eigenvalue weighted by Crippen LogP contribution is 2.23. The second kappa shape index (κ2) is 4.48. The molecule has 16 heavy (non-hydrogen) atoms. The number of anilines is 1. The molecule has 0 spiro atoms. The van der Waals surface area contributed by atoms with Crippen molar-refractivity contribution in [1.29, 1.82) is 0 Å². The van der Waals surface area contributed by atoms with Crippen molar-refractivity contribution < 1.29 is 4.79 Å². The van der Waals surface area contributed by atoms with Crippen LogP contribution >= 0.6 is 0 Å². The van der Waals surface area contributed by atoms with Gasteiger partial charge in [0.2, 0.25) is 0 Å². The molecule has 1 amide bonds. The number of nitrogens with zero attached hydrogens (tertiary/aromatic N) is 2. The lowest BCUT2D eigenvalue weighted by Crippen LogP contribution is -2.14. The molecule has 0 unspecified atom stereocenters. The quantitative estimate of drug-likeness (QED) is 0.734. The topological polar surface area (TPSA) is 86.9 Å². The summed E-state index contributed by atoms with van der Waals surface area (Å²) in [7, 11) is 1.64. The molecule has 1 rings (SSSR count). The Balaban J connectivity index is 3.49. The van der Waals surface area contributed by atoms with Crippen molar-refractivity contribution in [3.8, 4) is 0 Å². The molecule has 0 aliphatic heterocycles. The van der Waals surface area contributed by atoms with Crippen LogP contribution in [0.5, 0.6) is 0 Å². The molecule has 0 atom stereocenters. The number of carbonyl (C=O) groups excluding carboxylic acids is 1. The number of aryl methyl sites for hydroxylation is 1. The summed E-state index contributed by atoms with van der Waals surface area (Å²) in [5.74, 6) is -0.378. The summed E-state index contributed by atoms with van der Waals surface area (Å²) in [6, 6.07) is 0. The van der Waals surface area contributed by atoms with Gasteiger partial charge in [-0.15, -0.1) is 0 Å². The van der Waals surface area contributed by atoms with Crippen LogP contribution in [0.15, 0.2) is 31.4 Å². The normalized spacial score (nSPS) is 11.2. The highest BCUT2D eigenvalue weighted by molar-refractivity contribution is 6.02. The lowest BCUT2D eigenvalue weighted by atomic mass is 10.1. The fourth-order valence-corrected chi connectivity index (χ4v) is 1.35. The van der Waals surface area contributed by atoms with Gasteiger partial charge in [0.1, 0.15) is 17.1 Å². The summed E-state index contributed by atoms with van der Waals surface area (Å²) in [6.07, 6.45) is 4.82. The van der Waals surface area contributed by atoms with Crippen molar-refractivity contribution in [2.24, 2.45) is 12.8 Å². The Bertz CT molecular complexity index is 482. The molecule has 5 heteroatoms. The monoisotopic (exact) mass is 218 g/mol. The highest BCUT2D eigenvalue weighted by Gasteiger charge is 2.19. The van der Waals surface area contributed by atoms with Gasteiger partial charge >= 0.3 is 0 Å². The van der Waals surface area contributed by atoms with Crippen LogP contribution in [0.1, 0.15) is 16.1 Å². The number of aromatic nitrogens is 2. The lowest BCUT2D eigenvalue weighted by molar-refractivity contribution is 0.100.